The number of benzene rings is 1. The van der Waals surface area contributed by atoms with E-state index in [1.807, 2.05) is 24.3 Å². The van der Waals surface area contributed by atoms with Crippen LogP contribution in [0.2, 0.25) is 0 Å². The summed E-state index contributed by atoms with van der Waals surface area (Å²) in [5.74, 6) is -0.00141. The largest absolute Gasteiger partial charge is 0.465 e. The standard InChI is InChI=1S/C31H38N4O4/c1-2-39-30(37)22-35-21-28(12-13-29(35)36)34-31(38)27-17-24(16-26(18-27)25-11-7-15-33-20-25)10-6-14-32-19-23-8-4-3-5-9-23/h7,11-13,15-18,20-21,23,32H,2-6,8-10,14,19,22H2,1H3,(H,34,38). The minimum atomic E-state index is -0.509. The number of aromatic nitrogens is 2. The number of esters is 1. The van der Waals surface area contributed by atoms with Gasteiger partial charge in [0.25, 0.3) is 11.5 Å². The molecular weight excluding hydrogens is 492 g/mol. The van der Waals surface area contributed by atoms with Gasteiger partial charge in [0.05, 0.1) is 12.3 Å². The summed E-state index contributed by atoms with van der Waals surface area (Å²) < 4.78 is 6.17. The van der Waals surface area contributed by atoms with Gasteiger partial charge in [-0.2, -0.15) is 0 Å². The van der Waals surface area contributed by atoms with Gasteiger partial charge in [-0.05, 0) is 87.0 Å². The van der Waals surface area contributed by atoms with Crippen molar-refractivity contribution in [1.29, 1.82) is 0 Å². The summed E-state index contributed by atoms with van der Waals surface area (Å²) in [5, 5.41) is 6.49. The van der Waals surface area contributed by atoms with E-state index in [1.165, 1.54) is 55.0 Å². The quantitative estimate of drug-likeness (QED) is 0.257. The highest BCUT2D eigenvalue weighted by Gasteiger charge is 2.14. The van der Waals surface area contributed by atoms with E-state index in [-0.39, 0.29) is 24.6 Å². The van der Waals surface area contributed by atoms with E-state index in [0.717, 1.165) is 48.5 Å². The lowest BCUT2D eigenvalue weighted by molar-refractivity contribution is -0.143. The van der Waals surface area contributed by atoms with Crippen LogP contribution < -0.4 is 16.2 Å². The summed E-state index contributed by atoms with van der Waals surface area (Å²) in [5.41, 5.74) is 3.53. The maximum atomic E-state index is 13.3. The Bertz CT molecular complexity index is 1300. The molecule has 8 heteroatoms. The molecule has 1 amide bonds. The Kier molecular flexibility index (Phi) is 10.4. The van der Waals surface area contributed by atoms with Crippen molar-refractivity contribution < 1.29 is 14.3 Å². The number of aryl methyl sites for hydroxylation is 1. The lowest BCUT2D eigenvalue weighted by atomic mass is 9.89. The van der Waals surface area contributed by atoms with Crippen molar-refractivity contribution >= 4 is 17.6 Å². The number of hydrogen-bond acceptors (Lipinski definition) is 6. The molecular formula is C31H38N4O4. The Morgan fingerprint density at radius 3 is 2.69 bits per heavy atom. The number of pyridine rings is 2. The number of ether oxygens (including phenoxy) is 1. The Morgan fingerprint density at radius 2 is 1.92 bits per heavy atom. The van der Waals surface area contributed by atoms with E-state index in [9.17, 15) is 14.4 Å². The minimum Gasteiger partial charge on any atom is -0.465 e. The number of hydrogen-bond donors (Lipinski definition) is 2. The van der Waals surface area contributed by atoms with Crippen LogP contribution >= 0.6 is 0 Å². The molecule has 0 spiro atoms. The molecule has 1 fully saturated rings. The third kappa shape index (κ3) is 8.61. The summed E-state index contributed by atoms with van der Waals surface area (Å²) in [6.07, 6.45) is 13.5. The molecule has 1 aliphatic carbocycles. The summed E-state index contributed by atoms with van der Waals surface area (Å²) in [7, 11) is 0. The van der Waals surface area contributed by atoms with Crippen LogP contribution in [0.3, 0.4) is 0 Å². The second kappa shape index (κ2) is 14.4. The average molecular weight is 531 g/mol. The fourth-order valence-electron chi connectivity index (χ4n) is 5.06. The molecule has 0 radical (unpaired) electrons. The van der Waals surface area contributed by atoms with Crippen molar-refractivity contribution in [2.45, 2.75) is 58.4 Å². The predicted molar refractivity (Wildman–Crippen MR) is 153 cm³/mol. The summed E-state index contributed by atoms with van der Waals surface area (Å²) in [6, 6.07) is 12.6. The SMILES string of the molecule is CCOC(=O)Cn1cc(NC(=O)c2cc(CCCNCC3CCCCC3)cc(-c3cccnc3)c2)ccc1=O. The summed E-state index contributed by atoms with van der Waals surface area (Å²) in [4.78, 5) is 41.6. The van der Waals surface area contributed by atoms with E-state index in [1.54, 1.807) is 19.3 Å². The number of carbonyl (C=O) groups is 2. The van der Waals surface area contributed by atoms with Crippen LogP contribution in [0.4, 0.5) is 5.69 Å². The number of carbonyl (C=O) groups excluding carboxylic acids is 2. The van der Waals surface area contributed by atoms with Gasteiger partial charge in [-0.25, -0.2) is 0 Å². The van der Waals surface area contributed by atoms with Gasteiger partial charge in [0.1, 0.15) is 6.54 Å². The van der Waals surface area contributed by atoms with Crippen LogP contribution in [0, 0.1) is 5.92 Å². The molecule has 1 saturated carbocycles. The Morgan fingerprint density at radius 1 is 1.08 bits per heavy atom. The molecule has 39 heavy (non-hydrogen) atoms. The first-order chi connectivity index (χ1) is 19.0. The number of amides is 1. The Hall–Kier alpha value is -3.78. The molecule has 0 aliphatic heterocycles. The van der Waals surface area contributed by atoms with Crippen molar-refractivity contribution in [3.8, 4) is 11.1 Å². The van der Waals surface area contributed by atoms with E-state index in [0.29, 0.717) is 11.3 Å². The zero-order valence-electron chi connectivity index (χ0n) is 22.7. The zero-order chi connectivity index (χ0) is 27.5. The molecule has 1 aromatic carbocycles. The van der Waals surface area contributed by atoms with Gasteiger partial charge in [-0.1, -0.05) is 31.4 Å². The van der Waals surface area contributed by atoms with Gasteiger partial charge in [-0.3, -0.25) is 19.4 Å². The van der Waals surface area contributed by atoms with Gasteiger partial charge >= 0.3 is 5.97 Å². The molecule has 4 rings (SSSR count). The monoisotopic (exact) mass is 530 g/mol. The van der Waals surface area contributed by atoms with Crippen LogP contribution in [0.5, 0.6) is 0 Å². The maximum absolute atomic E-state index is 13.3. The van der Waals surface area contributed by atoms with Crippen LogP contribution in [0.15, 0.2) is 65.8 Å². The van der Waals surface area contributed by atoms with E-state index in [4.69, 9.17) is 4.74 Å². The highest BCUT2D eigenvalue weighted by atomic mass is 16.5. The van der Waals surface area contributed by atoms with Gasteiger partial charge < -0.3 is 19.9 Å². The zero-order valence-corrected chi connectivity index (χ0v) is 22.7. The van der Waals surface area contributed by atoms with Gasteiger partial charge in [-0.15, -0.1) is 0 Å². The van der Waals surface area contributed by atoms with Crippen LogP contribution in [0.1, 0.15) is 61.4 Å². The van der Waals surface area contributed by atoms with Gasteiger partial charge in [0.15, 0.2) is 0 Å². The van der Waals surface area contributed by atoms with Gasteiger partial charge in [0.2, 0.25) is 0 Å². The molecule has 0 saturated heterocycles. The van der Waals surface area contributed by atoms with E-state index < -0.39 is 5.97 Å². The lowest BCUT2D eigenvalue weighted by Crippen LogP contribution is -2.25. The summed E-state index contributed by atoms with van der Waals surface area (Å²) in [6.45, 7) is 3.75. The number of anilines is 1. The molecule has 1 aliphatic rings. The van der Waals surface area contributed by atoms with E-state index in [2.05, 4.69) is 21.7 Å². The third-order valence-corrected chi connectivity index (χ3v) is 7.07. The first-order valence-electron chi connectivity index (χ1n) is 13.9. The highest BCUT2D eigenvalue weighted by molar-refractivity contribution is 6.05. The fourth-order valence-corrected chi connectivity index (χ4v) is 5.06. The van der Waals surface area contributed by atoms with Gasteiger partial charge in [0, 0.05) is 35.8 Å². The van der Waals surface area contributed by atoms with Crippen molar-refractivity contribution in [2.75, 3.05) is 25.0 Å². The van der Waals surface area contributed by atoms with Crippen LogP contribution in [-0.2, 0) is 22.5 Å². The molecule has 206 valence electrons. The van der Waals surface area contributed by atoms with Crippen molar-refractivity contribution in [2.24, 2.45) is 5.92 Å². The normalized spacial score (nSPS) is 13.7. The highest BCUT2D eigenvalue weighted by Crippen LogP contribution is 2.24. The molecule has 2 heterocycles. The Labute approximate surface area is 229 Å². The molecule has 2 aromatic heterocycles. The lowest BCUT2D eigenvalue weighted by Gasteiger charge is -2.21. The molecule has 2 N–H and O–H groups in total. The Balaban J connectivity index is 1.45. The fraction of sp³-hybridized carbons (Fsp3) is 0.419. The smallest absolute Gasteiger partial charge is 0.326 e. The molecule has 0 atom stereocenters. The first-order valence-corrected chi connectivity index (χ1v) is 13.9. The van der Waals surface area contributed by atoms with E-state index >= 15 is 0 Å². The topological polar surface area (TPSA) is 102 Å². The minimum absolute atomic E-state index is 0.216. The average Bonchev–Trinajstić information content (AvgIpc) is 2.95. The summed E-state index contributed by atoms with van der Waals surface area (Å²) >= 11 is 0. The molecule has 0 unspecified atom stereocenters. The van der Waals surface area contributed by atoms with Crippen molar-refractivity contribution in [3.05, 3.63) is 82.5 Å². The first kappa shape index (κ1) is 28.2. The predicted octanol–water partition coefficient (Wildman–Crippen LogP) is 4.83. The third-order valence-electron chi connectivity index (χ3n) is 7.07. The second-order valence-electron chi connectivity index (χ2n) is 10.1. The van der Waals surface area contributed by atoms with Crippen LogP contribution in [0.25, 0.3) is 11.1 Å². The van der Waals surface area contributed by atoms with Crippen molar-refractivity contribution in [3.63, 3.8) is 0 Å². The van der Waals surface area contributed by atoms with Crippen LogP contribution in [-0.4, -0.2) is 41.1 Å². The number of rotatable bonds is 12. The van der Waals surface area contributed by atoms with Crippen molar-refractivity contribution in [1.82, 2.24) is 14.9 Å². The molecule has 0 bridgehead atoms. The second-order valence-corrected chi connectivity index (χ2v) is 10.1. The molecule has 3 aromatic rings. The number of nitrogens with zero attached hydrogens (tertiary/aromatic N) is 2. The number of nitrogens with one attached hydrogen (secondary N) is 2. The molecule has 8 nitrogen and oxygen atoms in total. The maximum Gasteiger partial charge on any atom is 0.326 e.